The van der Waals surface area contributed by atoms with Crippen molar-refractivity contribution in [2.75, 3.05) is 11.9 Å². The number of allylic oxidation sites excluding steroid dienone is 2. The van der Waals surface area contributed by atoms with Gasteiger partial charge >= 0.3 is 0 Å². The second-order valence-corrected chi connectivity index (χ2v) is 7.37. The van der Waals surface area contributed by atoms with Crippen molar-refractivity contribution in [2.45, 2.75) is 32.2 Å². The van der Waals surface area contributed by atoms with Crippen LogP contribution in [-0.2, 0) is 0 Å². The van der Waals surface area contributed by atoms with Gasteiger partial charge in [-0.25, -0.2) is 0 Å². The van der Waals surface area contributed by atoms with E-state index in [1.54, 1.807) is 6.07 Å². The first-order valence-electron chi connectivity index (χ1n) is 9.32. The predicted octanol–water partition coefficient (Wildman–Crippen LogP) is 4.94. The lowest BCUT2D eigenvalue weighted by Crippen LogP contribution is -2.30. The van der Waals surface area contributed by atoms with Gasteiger partial charge in [0.2, 0.25) is 0 Å². The van der Waals surface area contributed by atoms with Crippen LogP contribution in [-0.4, -0.2) is 11.5 Å². The van der Waals surface area contributed by atoms with Crippen molar-refractivity contribution in [3.63, 3.8) is 0 Å². The van der Waals surface area contributed by atoms with E-state index in [1.807, 2.05) is 44.2 Å². The molecule has 2 aromatic carbocycles. The van der Waals surface area contributed by atoms with Gasteiger partial charge in [0.1, 0.15) is 17.5 Å². The number of nitro benzene ring substituents is 1. The van der Waals surface area contributed by atoms with E-state index in [9.17, 15) is 10.1 Å². The molecule has 0 spiro atoms. The standard InChI is InChI=1S/C22H21N3O3/c1-13-12-19(25(26)27)22-20(14(13)2)17-4-3-5-18(17)21(24-22)15-6-8-16(9-7-15)28-11-10-23/h3-4,6-9,12,17-18,21,24H,5,11H2,1-2H3/t17-,18+,21+/m1/s1. The minimum Gasteiger partial charge on any atom is -0.479 e. The molecular formula is C22H21N3O3. The first-order valence-corrected chi connectivity index (χ1v) is 9.32. The van der Waals surface area contributed by atoms with Gasteiger partial charge in [-0.2, -0.15) is 5.26 Å². The fraction of sp³-hybridized carbons (Fsp3) is 0.318. The maximum Gasteiger partial charge on any atom is 0.292 e. The number of hydrogen-bond donors (Lipinski definition) is 1. The molecule has 4 rings (SSSR count). The van der Waals surface area contributed by atoms with E-state index >= 15 is 0 Å². The molecule has 28 heavy (non-hydrogen) atoms. The molecule has 0 aromatic heterocycles. The average molecular weight is 375 g/mol. The van der Waals surface area contributed by atoms with Gasteiger partial charge in [-0.3, -0.25) is 10.1 Å². The SMILES string of the molecule is Cc1cc([N+](=O)[O-])c2c(c1C)[C@@H]1C=CC[C@@H]1[C@H](c1ccc(OCC#N)cc1)N2. The summed E-state index contributed by atoms with van der Waals surface area (Å²) in [5, 5.41) is 23.9. The fourth-order valence-electron chi connectivity index (χ4n) is 4.44. The molecule has 2 aliphatic rings. The molecular weight excluding hydrogens is 354 g/mol. The number of nitro groups is 1. The summed E-state index contributed by atoms with van der Waals surface area (Å²) in [7, 11) is 0. The number of aryl methyl sites for hydroxylation is 1. The lowest BCUT2D eigenvalue weighted by Gasteiger charge is -2.38. The smallest absolute Gasteiger partial charge is 0.292 e. The summed E-state index contributed by atoms with van der Waals surface area (Å²) in [5.74, 6) is 1.10. The largest absolute Gasteiger partial charge is 0.479 e. The van der Waals surface area contributed by atoms with E-state index in [0.29, 0.717) is 17.4 Å². The molecule has 0 fully saturated rings. The van der Waals surface area contributed by atoms with E-state index in [1.165, 1.54) is 0 Å². The number of hydrogen-bond acceptors (Lipinski definition) is 5. The van der Waals surface area contributed by atoms with Crippen molar-refractivity contribution in [3.8, 4) is 11.8 Å². The van der Waals surface area contributed by atoms with Crippen LogP contribution in [0.15, 0.2) is 42.5 Å². The van der Waals surface area contributed by atoms with Gasteiger partial charge in [-0.05, 0) is 60.6 Å². The van der Waals surface area contributed by atoms with Crippen molar-refractivity contribution in [1.82, 2.24) is 0 Å². The predicted molar refractivity (Wildman–Crippen MR) is 106 cm³/mol. The Bertz CT molecular complexity index is 1010. The quantitative estimate of drug-likeness (QED) is 0.464. The second kappa shape index (κ2) is 7.01. The molecule has 142 valence electrons. The zero-order chi connectivity index (χ0) is 19.8. The van der Waals surface area contributed by atoms with Gasteiger partial charge in [0.15, 0.2) is 6.61 Å². The summed E-state index contributed by atoms with van der Waals surface area (Å²) in [4.78, 5) is 11.4. The number of fused-ring (bicyclic) bond motifs is 3. The number of nitriles is 1. The van der Waals surface area contributed by atoms with Crippen LogP contribution < -0.4 is 10.1 Å². The minimum absolute atomic E-state index is 0.00778. The summed E-state index contributed by atoms with van der Waals surface area (Å²) in [5.41, 5.74) is 4.94. The van der Waals surface area contributed by atoms with Gasteiger partial charge < -0.3 is 10.1 Å². The van der Waals surface area contributed by atoms with Crippen LogP contribution in [0.25, 0.3) is 0 Å². The van der Waals surface area contributed by atoms with Crippen LogP contribution in [0.4, 0.5) is 11.4 Å². The van der Waals surface area contributed by atoms with E-state index in [4.69, 9.17) is 10.00 Å². The summed E-state index contributed by atoms with van der Waals surface area (Å²) in [6.45, 7) is 3.99. The summed E-state index contributed by atoms with van der Waals surface area (Å²) < 4.78 is 5.34. The average Bonchev–Trinajstić information content (AvgIpc) is 3.18. The minimum atomic E-state index is -0.298. The molecule has 1 N–H and O–H groups in total. The van der Waals surface area contributed by atoms with Crippen molar-refractivity contribution < 1.29 is 9.66 Å². The Morgan fingerprint density at radius 1 is 1.32 bits per heavy atom. The summed E-state index contributed by atoms with van der Waals surface area (Å²) in [6.07, 6.45) is 5.30. The zero-order valence-corrected chi connectivity index (χ0v) is 15.8. The third-order valence-corrected chi connectivity index (χ3v) is 5.89. The molecule has 0 bridgehead atoms. The molecule has 6 nitrogen and oxygen atoms in total. The topological polar surface area (TPSA) is 88.2 Å². The Kier molecular flexibility index (Phi) is 4.52. The number of benzene rings is 2. The molecule has 2 aromatic rings. The van der Waals surface area contributed by atoms with E-state index in [0.717, 1.165) is 28.7 Å². The fourth-order valence-corrected chi connectivity index (χ4v) is 4.44. The number of nitrogens with zero attached hydrogens (tertiary/aromatic N) is 2. The number of nitrogens with one attached hydrogen (secondary N) is 1. The van der Waals surface area contributed by atoms with Gasteiger partial charge in [-0.1, -0.05) is 24.3 Å². The third kappa shape index (κ3) is 2.89. The molecule has 6 heteroatoms. The number of rotatable bonds is 4. The maximum atomic E-state index is 11.7. The first kappa shape index (κ1) is 18.1. The molecule has 1 aliphatic carbocycles. The summed E-state index contributed by atoms with van der Waals surface area (Å²) >= 11 is 0. The Hall–Kier alpha value is -3.33. The van der Waals surface area contributed by atoms with Gasteiger partial charge in [0.25, 0.3) is 5.69 Å². The van der Waals surface area contributed by atoms with Crippen LogP contribution in [0, 0.1) is 41.2 Å². The van der Waals surface area contributed by atoms with Gasteiger partial charge in [0, 0.05) is 12.0 Å². The summed E-state index contributed by atoms with van der Waals surface area (Å²) in [6, 6.07) is 11.2. The molecule has 0 saturated heterocycles. The Balaban J connectivity index is 1.77. The highest BCUT2D eigenvalue weighted by Gasteiger charge is 2.41. The highest BCUT2D eigenvalue weighted by Crippen LogP contribution is 2.53. The van der Waals surface area contributed by atoms with Crippen molar-refractivity contribution in [2.24, 2.45) is 5.92 Å². The normalized spacial score (nSPS) is 22.0. The first-order chi connectivity index (χ1) is 13.5. The molecule has 1 heterocycles. The number of anilines is 1. The van der Waals surface area contributed by atoms with Crippen LogP contribution in [0.1, 0.15) is 40.6 Å². The van der Waals surface area contributed by atoms with Crippen LogP contribution in [0.3, 0.4) is 0 Å². The Labute approximate surface area is 163 Å². The van der Waals surface area contributed by atoms with E-state index in [2.05, 4.69) is 17.5 Å². The Morgan fingerprint density at radius 2 is 2.07 bits per heavy atom. The molecule has 0 radical (unpaired) electrons. The van der Waals surface area contributed by atoms with Gasteiger partial charge in [-0.15, -0.1) is 0 Å². The maximum absolute atomic E-state index is 11.7. The molecule has 1 aliphatic heterocycles. The van der Waals surface area contributed by atoms with Crippen molar-refractivity contribution in [3.05, 3.63) is 74.9 Å². The van der Waals surface area contributed by atoms with Crippen molar-refractivity contribution in [1.29, 1.82) is 5.26 Å². The van der Waals surface area contributed by atoms with Crippen LogP contribution in [0.2, 0.25) is 0 Å². The highest BCUT2D eigenvalue weighted by atomic mass is 16.6. The van der Waals surface area contributed by atoms with Crippen molar-refractivity contribution >= 4 is 11.4 Å². The lowest BCUT2D eigenvalue weighted by atomic mass is 9.74. The third-order valence-electron chi connectivity index (χ3n) is 5.89. The Morgan fingerprint density at radius 3 is 2.75 bits per heavy atom. The molecule has 0 amide bonds. The van der Waals surface area contributed by atoms with Gasteiger partial charge in [0.05, 0.1) is 11.0 Å². The molecule has 3 atom stereocenters. The molecule has 0 saturated carbocycles. The molecule has 0 unspecified atom stereocenters. The second-order valence-electron chi connectivity index (χ2n) is 7.37. The van der Waals surface area contributed by atoms with E-state index in [-0.39, 0.29) is 29.2 Å². The lowest BCUT2D eigenvalue weighted by molar-refractivity contribution is -0.384. The van der Waals surface area contributed by atoms with Crippen LogP contribution >= 0.6 is 0 Å². The monoisotopic (exact) mass is 375 g/mol. The highest BCUT2D eigenvalue weighted by molar-refractivity contribution is 5.74. The van der Waals surface area contributed by atoms with Crippen LogP contribution in [0.5, 0.6) is 5.75 Å². The number of ether oxygens (including phenoxy) is 1. The van der Waals surface area contributed by atoms with E-state index < -0.39 is 0 Å². The zero-order valence-electron chi connectivity index (χ0n) is 15.8.